The normalized spacial score (nSPS) is 12.1. The van der Waals surface area contributed by atoms with E-state index in [-0.39, 0.29) is 22.1 Å². The van der Waals surface area contributed by atoms with Crippen LogP contribution in [0.4, 0.5) is 10.2 Å². The van der Waals surface area contributed by atoms with Gasteiger partial charge in [-0.1, -0.05) is 41.9 Å². The summed E-state index contributed by atoms with van der Waals surface area (Å²) in [5.41, 5.74) is 3.29. The number of nitrogens with one attached hydrogen (secondary N) is 2. The molecule has 2 N–H and O–H groups in total. The van der Waals surface area contributed by atoms with Crippen molar-refractivity contribution in [2.75, 3.05) is 5.32 Å². The fourth-order valence-electron chi connectivity index (χ4n) is 4.02. The molecule has 5 rings (SSSR count). The molecule has 8 heteroatoms. The maximum absolute atomic E-state index is 14.2. The Morgan fingerprint density at radius 2 is 1.97 bits per heavy atom. The third-order valence-corrected chi connectivity index (χ3v) is 5.91. The second-order valence-electron chi connectivity index (χ2n) is 8.09. The van der Waals surface area contributed by atoms with Crippen LogP contribution < -0.4 is 10.9 Å². The first-order chi connectivity index (χ1) is 16.5. The van der Waals surface area contributed by atoms with E-state index in [1.165, 1.54) is 11.6 Å². The minimum absolute atomic E-state index is 0.136. The Morgan fingerprint density at radius 3 is 2.79 bits per heavy atom. The molecule has 6 nitrogen and oxygen atoms in total. The third kappa shape index (κ3) is 4.43. The number of benzene rings is 2. The number of aromatic amines is 1. The van der Waals surface area contributed by atoms with E-state index in [9.17, 15) is 9.18 Å². The summed E-state index contributed by atoms with van der Waals surface area (Å²) in [4.78, 5) is 24.0. The average Bonchev–Trinajstić information content (AvgIpc) is 3.28. The largest absolute Gasteiger partial charge is 0.363 e. The van der Waals surface area contributed by atoms with E-state index >= 15 is 0 Å². The van der Waals surface area contributed by atoms with E-state index in [2.05, 4.69) is 37.0 Å². The number of nitrogens with zero attached hydrogens (tertiary/aromatic N) is 3. The number of aromatic nitrogens is 4. The molecular formula is C26H21ClFN5O. The Kier molecular flexibility index (Phi) is 5.86. The van der Waals surface area contributed by atoms with Gasteiger partial charge in [-0.3, -0.25) is 4.79 Å². The summed E-state index contributed by atoms with van der Waals surface area (Å²) in [6.45, 7) is 2.55. The van der Waals surface area contributed by atoms with Gasteiger partial charge in [0.15, 0.2) is 0 Å². The molecule has 0 aliphatic heterocycles. The van der Waals surface area contributed by atoms with Crippen LogP contribution in [0.2, 0.25) is 5.02 Å². The van der Waals surface area contributed by atoms with Gasteiger partial charge in [0, 0.05) is 34.3 Å². The topological polar surface area (TPSA) is 75.6 Å². The molecule has 0 saturated carbocycles. The van der Waals surface area contributed by atoms with Crippen molar-refractivity contribution in [3.8, 4) is 11.3 Å². The van der Waals surface area contributed by atoms with Crippen LogP contribution in [0.5, 0.6) is 0 Å². The van der Waals surface area contributed by atoms with Crippen LogP contribution in [-0.2, 0) is 6.54 Å². The van der Waals surface area contributed by atoms with Gasteiger partial charge < -0.3 is 14.9 Å². The number of imidazole rings is 1. The Balaban J connectivity index is 1.42. The first kappa shape index (κ1) is 21.9. The molecule has 0 spiro atoms. The van der Waals surface area contributed by atoms with Gasteiger partial charge in [0.1, 0.15) is 11.6 Å². The number of hydrogen-bond donors (Lipinski definition) is 2. The van der Waals surface area contributed by atoms with Gasteiger partial charge >= 0.3 is 0 Å². The maximum Gasteiger partial charge on any atom is 0.253 e. The number of rotatable bonds is 6. The number of H-pyrrole nitrogens is 1. The summed E-state index contributed by atoms with van der Waals surface area (Å²) < 4.78 is 16.2. The number of fused-ring (bicyclic) bond motifs is 1. The van der Waals surface area contributed by atoms with Crippen molar-refractivity contribution in [1.82, 2.24) is 19.5 Å². The van der Waals surface area contributed by atoms with Crippen LogP contribution >= 0.6 is 11.6 Å². The van der Waals surface area contributed by atoms with Crippen molar-refractivity contribution in [1.29, 1.82) is 0 Å². The summed E-state index contributed by atoms with van der Waals surface area (Å²) in [5, 5.41) is 4.07. The van der Waals surface area contributed by atoms with Crippen molar-refractivity contribution in [3.05, 3.63) is 112 Å². The minimum atomic E-state index is -0.562. The van der Waals surface area contributed by atoms with E-state index in [0.717, 1.165) is 11.3 Å². The van der Waals surface area contributed by atoms with Crippen molar-refractivity contribution in [3.63, 3.8) is 0 Å². The zero-order valence-corrected chi connectivity index (χ0v) is 19.1. The molecule has 1 atom stereocenters. The molecule has 0 radical (unpaired) electrons. The summed E-state index contributed by atoms with van der Waals surface area (Å²) in [6.07, 6.45) is 5.33. The predicted molar refractivity (Wildman–Crippen MR) is 133 cm³/mol. The molecule has 0 aliphatic rings. The summed E-state index contributed by atoms with van der Waals surface area (Å²) in [7, 11) is 0. The fourth-order valence-corrected chi connectivity index (χ4v) is 4.23. The molecule has 3 heterocycles. The van der Waals surface area contributed by atoms with Gasteiger partial charge in [0.05, 0.1) is 29.8 Å². The standard InChI is InChI=1S/C26H21ClFN5O/c1-16(21-10-19-9-20(27)12-22(28)25(19)32-26(21)34)31-24-11-18(7-8-30-24)23-13-29-15-33(23)14-17-5-3-2-4-6-17/h2-13,15-16H,14H2,1H3,(H,30,31)(H,32,34)/t16-/m0/s1. The maximum atomic E-state index is 14.2. The molecule has 2 aromatic carbocycles. The van der Waals surface area contributed by atoms with Crippen molar-refractivity contribution < 1.29 is 4.39 Å². The van der Waals surface area contributed by atoms with Crippen molar-refractivity contribution in [2.24, 2.45) is 0 Å². The van der Waals surface area contributed by atoms with E-state index in [1.807, 2.05) is 43.5 Å². The zero-order chi connectivity index (χ0) is 23.7. The van der Waals surface area contributed by atoms with Gasteiger partial charge in [-0.25, -0.2) is 14.4 Å². The molecule has 170 valence electrons. The highest BCUT2D eigenvalue weighted by Gasteiger charge is 2.15. The molecule has 0 unspecified atom stereocenters. The lowest BCUT2D eigenvalue weighted by Crippen LogP contribution is -2.20. The molecule has 0 saturated heterocycles. The molecule has 0 amide bonds. The van der Waals surface area contributed by atoms with E-state index in [1.54, 1.807) is 24.7 Å². The number of pyridine rings is 2. The lowest BCUT2D eigenvalue weighted by Gasteiger charge is -2.16. The molecule has 3 aromatic heterocycles. The lowest BCUT2D eigenvalue weighted by atomic mass is 10.1. The highest BCUT2D eigenvalue weighted by Crippen LogP contribution is 2.26. The van der Waals surface area contributed by atoms with Crippen LogP contribution in [0.3, 0.4) is 0 Å². The quantitative estimate of drug-likeness (QED) is 0.327. The summed E-state index contributed by atoms with van der Waals surface area (Å²) in [6, 6.07) is 18.1. The molecule has 5 aromatic rings. The van der Waals surface area contributed by atoms with Gasteiger partial charge in [0.2, 0.25) is 0 Å². The van der Waals surface area contributed by atoms with Gasteiger partial charge in [-0.05, 0) is 42.8 Å². The average molecular weight is 474 g/mol. The Hall–Kier alpha value is -3.97. The molecule has 0 bridgehead atoms. The predicted octanol–water partition coefficient (Wildman–Crippen LogP) is 5.80. The number of anilines is 1. The Labute approximate surface area is 200 Å². The van der Waals surface area contributed by atoms with Crippen LogP contribution in [0.1, 0.15) is 24.1 Å². The highest BCUT2D eigenvalue weighted by atomic mass is 35.5. The van der Waals surface area contributed by atoms with Gasteiger partial charge in [0.25, 0.3) is 5.56 Å². The second-order valence-corrected chi connectivity index (χ2v) is 8.53. The molecular weight excluding hydrogens is 453 g/mol. The number of hydrogen-bond acceptors (Lipinski definition) is 4. The van der Waals surface area contributed by atoms with Gasteiger partial charge in [-0.2, -0.15) is 0 Å². The summed E-state index contributed by atoms with van der Waals surface area (Å²) >= 11 is 5.99. The molecule has 34 heavy (non-hydrogen) atoms. The molecule has 0 fully saturated rings. The monoisotopic (exact) mass is 473 g/mol. The zero-order valence-electron chi connectivity index (χ0n) is 18.3. The summed E-state index contributed by atoms with van der Waals surface area (Å²) in [5.74, 6) is 0.0440. The SMILES string of the molecule is C[C@H](Nc1cc(-c2cncn2Cc2ccccc2)ccn1)c1cc2cc(Cl)cc(F)c2[nH]c1=O. The smallest absolute Gasteiger partial charge is 0.253 e. The lowest BCUT2D eigenvalue weighted by molar-refractivity contribution is 0.636. The number of halogens is 2. The first-order valence-electron chi connectivity index (χ1n) is 10.8. The Morgan fingerprint density at radius 1 is 1.15 bits per heavy atom. The van der Waals surface area contributed by atoms with Crippen LogP contribution in [-0.4, -0.2) is 19.5 Å². The third-order valence-electron chi connectivity index (χ3n) is 5.69. The fraction of sp³-hybridized carbons (Fsp3) is 0.115. The van der Waals surface area contributed by atoms with E-state index in [0.29, 0.717) is 23.3 Å². The van der Waals surface area contributed by atoms with E-state index in [4.69, 9.17) is 11.6 Å². The van der Waals surface area contributed by atoms with Crippen molar-refractivity contribution >= 4 is 28.3 Å². The molecule has 0 aliphatic carbocycles. The highest BCUT2D eigenvalue weighted by molar-refractivity contribution is 6.31. The van der Waals surface area contributed by atoms with Crippen LogP contribution in [0.25, 0.3) is 22.2 Å². The minimum Gasteiger partial charge on any atom is -0.363 e. The van der Waals surface area contributed by atoms with Crippen LogP contribution in [0, 0.1) is 5.82 Å². The van der Waals surface area contributed by atoms with Crippen LogP contribution in [0.15, 0.2) is 84.2 Å². The second kappa shape index (κ2) is 9.11. The first-order valence-corrected chi connectivity index (χ1v) is 11.1. The van der Waals surface area contributed by atoms with Crippen molar-refractivity contribution in [2.45, 2.75) is 19.5 Å². The van der Waals surface area contributed by atoms with E-state index < -0.39 is 5.82 Å². The Bertz CT molecular complexity index is 1530. The van der Waals surface area contributed by atoms with Gasteiger partial charge in [-0.15, -0.1) is 0 Å².